The zero-order valence-electron chi connectivity index (χ0n) is 15.4. The molecule has 0 aliphatic rings. The molecule has 0 aliphatic carbocycles. The third-order valence-electron chi connectivity index (χ3n) is 4.75. The zero-order valence-corrected chi connectivity index (χ0v) is 16.1. The van der Waals surface area contributed by atoms with Crippen LogP contribution < -0.4 is 4.90 Å². The van der Waals surface area contributed by atoms with Gasteiger partial charge in [0.05, 0.1) is 22.6 Å². The van der Waals surface area contributed by atoms with E-state index in [1.54, 1.807) is 6.07 Å². The molecule has 0 saturated heterocycles. The molecule has 0 atom stereocenters. The zero-order chi connectivity index (χ0) is 19.6. The Morgan fingerprint density at radius 3 is 2.44 bits per heavy atom. The summed E-state index contributed by atoms with van der Waals surface area (Å²) in [6.07, 6.45) is 0.331. The molecule has 142 valence electrons. The van der Waals surface area contributed by atoms with Gasteiger partial charge in [-0.25, -0.2) is 4.39 Å². The normalized spacial score (nSPS) is 11.1. The molecule has 1 N–H and O–H groups in total. The summed E-state index contributed by atoms with van der Waals surface area (Å²) in [6.45, 7) is 5.52. The highest BCUT2D eigenvalue weighted by atomic mass is 35.5. The Kier molecular flexibility index (Phi) is 5.71. The van der Waals surface area contributed by atoms with Crippen molar-refractivity contribution in [2.75, 3.05) is 18.0 Å². The van der Waals surface area contributed by atoms with Gasteiger partial charge >= 0.3 is 5.97 Å². The van der Waals surface area contributed by atoms with Crippen LogP contribution in [0.15, 0.2) is 42.5 Å². The van der Waals surface area contributed by atoms with E-state index >= 15 is 0 Å². The maximum absolute atomic E-state index is 14.3. The molecule has 3 rings (SSSR count). The number of hydrogen-bond acceptors (Lipinski definition) is 2. The Morgan fingerprint density at radius 2 is 1.85 bits per heavy atom. The first kappa shape index (κ1) is 19.2. The Labute approximate surface area is 162 Å². The molecular formula is C21H22ClFN2O2. The summed E-state index contributed by atoms with van der Waals surface area (Å²) in [5.41, 5.74) is 3.39. The molecule has 4 nitrogen and oxygen atoms in total. The largest absolute Gasteiger partial charge is 0.481 e. The van der Waals surface area contributed by atoms with E-state index in [9.17, 15) is 14.3 Å². The molecule has 2 aromatic carbocycles. The van der Waals surface area contributed by atoms with Gasteiger partial charge in [0.15, 0.2) is 0 Å². The number of hydrogen-bond donors (Lipinski definition) is 1. The van der Waals surface area contributed by atoms with Gasteiger partial charge in [0.1, 0.15) is 5.82 Å². The van der Waals surface area contributed by atoms with Crippen molar-refractivity contribution >= 4 is 34.2 Å². The van der Waals surface area contributed by atoms with E-state index in [1.165, 1.54) is 6.07 Å². The number of benzene rings is 2. The van der Waals surface area contributed by atoms with E-state index in [0.29, 0.717) is 6.42 Å². The Hall–Kier alpha value is -2.53. The lowest BCUT2D eigenvalue weighted by Gasteiger charge is -2.23. The number of nitrogens with zero attached hydrogens (tertiary/aromatic N) is 2. The minimum absolute atomic E-state index is 0.00631. The standard InChI is InChI=1S/C21H22ClFN2O2/c1-3-24(4-2)21-15-12-17(23)16(22)13-19(15)25(14-8-6-5-7-9-14)18(21)10-11-20(26)27/h5-9,12-13H,3-4,10-11H2,1-2H3,(H,26,27). The number of para-hydroxylation sites is 1. The van der Waals surface area contributed by atoms with Gasteiger partial charge in [0.2, 0.25) is 0 Å². The number of carboxylic acid groups (broad SMARTS) is 1. The summed E-state index contributed by atoms with van der Waals surface area (Å²) in [7, 11) is 0. The first-order valence-electron chi connectivity index (χ1n) is 9.02. The van der Waals surface area contributed by atoms with Crippen LogP contribution in [-0.2, 0) is 11.2 Å². The summed E-state index contributed by atoms with van der Waals surface area (Å²) in [5.74, 6) is -1.35. The van der Waals surface area contributed by atoms with Crippen LogP contribution >= 0.6 is 11.6 Å². The fraction of sp³-hybridized carbons (Fsp3) is 0.286. The van der Waals surface area contributed by atoms with E-state index in [-0.39, 0.29) is 11.4 Å². The quantitative estimate of drug-likeness (QED) is 0.598. The van der Waals surface area contributed by atoms with Crippen LogP contribution in [0.25, 0.3) is 16.6 Å². The molecule has 3 aromatic rings. The van der Waals surface area contributed by atoms with Crippen molar-refractivity contribution in [3.05, 3.63) is 59.0 Å². The molecule has 0 aliphatic heterocycles. The van der Waals surface area contributed by atoms with Gasteiger partial charge in [-0.2, -0.15) is 0 Å². The van der Waals surface area contributed by atoms with E-state index in [0.717, 1.165) is 41.1 Å². The predicted octanol–water partition coefficient (Wildman–Crippen LogP) is 5.29. The molecule has 0 spiro atoms. The average Bonchev–Trinajstić information content (AvgIpc) is 2.95. The highest BCUT2D eigenvalue weighted by Crippen LogP contribution is 2.39. The van der Waals surface area contributed by atoms with Gasteiger partial charge in [0.25, 0.3) is 0 Å². The predicted molar refractivity (Wildman–Crippen MR) is 108 cm³/mol. The molecule has 0 saturated carbocycles. The fourth-order valence-corrected chi connectivity index (χ4v) is 3.70. The third kappa shape index (κ3) is 3.65. The summed E-state index contributed by atoms with van der Waals surface area (Å²) < 4.78 is 16.3. The molecule has 0 fully saturated rings. The molecule has 0 radical (unpaired) electrons. The van der Waals surface area contributed by atoms with Crippen LogP contribution in [0.4, 0.5) is 10.1 Å². The number of aromatic nitrogens is 1. The second-order valence-corrected chi connectivity index (χ2v) is 6.72. The van der Waals surface area contributed by atoms with Crippen molar-refractivity contribution in [2.45, 2.75) is 26.7 Å². The molecule has 0 bridgehead atoms. The van der Waals surface area contributed by atoms with E-state index in [2.05, 4.69) is 4.90 Å². The van der Waals surface area contributed by atoms with Crippen LogP contribution in [0.1, 0.15) is 26.0 Å². The SMILES string of the molecule is CCN(CC)c1c(CCC(=O)O)n(-c2ccccc2)c2cc(Cl)c(F)cc12. The van der Waals surface area contributed by atoms with E-state index in [4.69, 9.17) is 11.6 Å². The minimum atomic E-state index is -0.866. The number of aliphatic carboxylic acids is 1. The first-order valence-corrected chi connectivity index (χ1v) is 9.40. The summed E-state index contributed by atoms with van der Waals surface area (Å²) in [4.78, 5) is 13.4. The summed E-state index contributed by atoms with van der Waals surface area (Å²) in [5, 5.41) is 10.0. The Bertz CT molecular complexity index is 965. The Morgan fingerprint density at radius 1 is 1.19 bits per heavy atom. The van der Waals surface area contributed by atoms with Gasteiger partial charge in [0, 0.05) is 36.3 Å². The maximum Gasteiger partial charge on any atom is 0.303 e. The van der Waals surface area contributed by atoms with Crippen molar-refractivity contribution in [2.24, 2.45) is 0 Å². The first-order chi connectivity index (χ1) is 13.0. The van der Waals surface area contributed by atoms with Crippen LogP contribution in [0.2, 0.25) is 5.02 Å². The average molecular weight is 389 g/mol. The molecule has 0 unspecified atom stereocenters. The van der Waals surface area contributed by atoms with Crippen molar-refractivity contribution < 1.29 is 14.3 Å². The van der Waals surface area contributed by atoms with Gasteiger partial charge in [-0.05, 0) is 38.1 Å². The maximum atomic E-state index is 14.3. The van der Waals surface area contributed by atoms with Crippen LogP contribution in [-0.4, -0.2) is 28.7 Å². The lowest BCUT2D eigenvalue weighted by molar-refractivity contribution is -0.136. The molecule has 6 heteroatoms. The van der Waals surface area contributed by atoms with E-state index < -0.39 is 11.8 Å². The summed E-state index contributed by atoms with van der Waals surface area (Å²) >= 11 is 6.09. The lowest BCUT2D eigenvalue weighted by atomic mass is 10.1. The third-order valence-corrected chi connectivity index (χ3v) is 5.04. The van der Waals surface area contributed by atoms with Crippen molar-refractivity contribution in [1.29, 1.82) is 0 Å². The van der Waals surface area contributed by atoms with Crippen LogP contribution in [0, 0.1) is 5.82 Å². The van der Waals surface area contributed by atoms with Crippen LogP contribution in [0.3, 0.4) is 0 Å². The molecule has 0 amide bonds. The van der Waals surface area contributed by atoms with E-state index in [1.807, 2.05) is 48.7 Å². The van der Waals surface area contributed by atoms with Gasteiger partial charge in [-0.15, -0.1) is 0 Å². The van der Waals surface area contributed by atoms with Gasteiger partial charge in [-0.1, -0.05) is 29.8 Å². The number of carboxylic acids is 1. The van der Waals surface area contributed by atoms with Crippen LogP contribution in [0.5, 0.6) is 0 Å². The van der Waals surface area contributed by atoms with Gasteiger partial charge in [-0.3, -0.25) is 4.79 Å². The van der Waals surface area contributed by atoms with Crippen molar-refractivity contribution in [3.8, 4) is 5.69 Å². The molecular weight excluding hydrogens is 367 g/mol. The van der Waals surface area contributed by atoms with Crippen molar-refractivity contribution in [3.63, 3.8) is 0 Å². The number of fused-ring (bicyclic) bond motifs is 1. The highest BCUT2D eigenvalue weighted by Gasteiger charge is 2.23. The topological polar surface area (TPSA) is 45.5 Å². The lowest BCUT2D eigenvalue weighted by Crippen LogP contribution is -2.23. The number of carbonyl (C=O) groups is 1. The molecule has 1 heterocycles. The van der Waals surface area contributed by atoms with Crippen molar-refractivity contribution in [1.82, 2.24) is 4.57 Å². The fourth-order valence-electron chi connectivity index (χ4n) is 3.54. The molecule has 1 aromatic heterocycles. The summed E-state index contributed by atoms with van der Waals surface area (Å²) in [6, 6.07) is 12.7. The van der Waals surface area contributed by atoms with Gasteiger partial charge < -0.3 is 14.6 Å². The minimum Gasteiger partial charge on any atom is -0.481 e. The monoisotopic (exact) mass is 388 g/mol. The molecule has 27 heavy (non-hydrogen) atoms. The number of halogens is 2. The smallest absolute Gasteiger partial charge is 0.303 e. The highest BCUT2D eigenvalue weighted by molar-refractivity contribution is 6.31. The second-order valence-electron chi connectivity index (χ2n) is 6.32. The number of rotatable bonds is 7. The Balaban J connectivity index is 2.39. The number of anilines is 1. The second kappa shape index (κ2) is 8.01.